The van der Waals surface area contributed by atoms with Crippen molar-refractivity contribution in [1.82, 2.24) is 15.2 Å². The number of nitrogens with one attached hydrogen (secondary N) is 1. The molecule has 1 aromatic heterocycles. The van der Waals surface area contributed by atoms with E-state index in [1.54, 1.807) is 6.07 Å². The van der Waals surface area contributed by atoms with Crippen LogP contribution in [-0.4, -0.2) is 41.5 Å². The topological polar surface area (TPSA) is 45.2 Å². The molecular weight excluding hydrogens is 294 g/mol. The molecule has 1 unspecified atom stereocenters. The maximum absolute atomic E-state index is 11.9. The average molecular weight is 312 g/mol. The van der Waals surface area contributed by atoms with Gasteiger partial charge in [-0.2, -0.15) is 0 Å². The third kappa shape index (κ3) is 3.29. The van der Waals surface area contributed by atoms with Crippen LogP contribution in [-0.2, 0) is 0 Å². The van der Waals surface area contributed by atoms with Gasteiger partial charge in [0.25, 0.3) is 5.91 Å². The summed E-state index contributed by atoms with van der Waals surface area (Å²) in [6, 6.07) is 5.84. The van der Waals surface area contributed by atoms with E-state index in [1.807, 2.05) is 12.1 Å². The van der Waals surface area contributed by atoms with Gasteiger partial charge >= 0.3 is 0 Å². The van der Waals surface area contributed by atoms with E-state index in [4.69, 9.17) is 0 Å². The summed E-state index contributed by atoms with van der Waals surface area (Å²) < 4.78 is 0.686. The zero-order chi connectivity index (χ0) is 13.0. The first kappa shape index (κ1) is 13.5. The fraction of sp³-hybridized carbons (Fsp3) is 0.538. The Morgan fingerprint density at radius 2 is 2.44 bits per heavy atom. The predicted molar refractivity (Wildman–Crippen MR) is 74.5 cm³/mol. The minimum atomic E-state index is -0.0979. The summed E-state index contributed by atoms with van der Waals surface area (Å²) in [5.41, 5.74) is 0.463. The second-order valence-electron chi connectivity index (χ2n) is 4.48. The molecule has 1 amide bonds. The fourth-order valence-corrected chi connectivity index (χ4v) is 2.72. The van der Waals surface area contributed by atoms with Gasteiger partial charge in [0.05, 0.1) is 0 Å². The van der Waals surface area contributed by atoms with Gasteiger partial charge in [0, 0.05) is 12.6 Å². The van der Waals surface area contributed by atoms with Crippen molar-refractivity contribution in [3.63, 3.8) is 0 Å². The second kappa shape index (κ2) is 6.29. The van der Waals surface area contributed by atoms with Gasteiger partial charge in [-0.05, 0) is 54.0 Å². The van der Waals surface area contributed by atoms with Crippen molar-refractivity contribution < 1.29 is 4.79 Å². The zero-order valence-electron chi connectivity index (χ0n) is 10.5. The molecule has 1 aliphatic heterocycles. The number of nitrogens with zero attached hydrogens (tertiary/aromatic N) is 2. The van der Waals surface area contributed by atoms with Gasteiger partial charge in [-0.25, -0.2) is 4.98 Å². The molecular formula is C13H18BrN3O. The van der Waals surface area contributed by atoms with Gasteiger partial charge in [0.15, 0.2) is 0 Å². The average Bonchev–Trinajstić information content (AvgIpc) is 2.83. The monoisotopic (exact) mass is 311 g/mol. The molecule has 1 fully saturated rings. The number of amides is 1. The van der Waals surface area contributed by atoms with E-state index >= 15 is 0 Å². The molecule has 1 aliphatic rings. The summed E-state index contributed by atoms with van der Waals surface area (Å²) in [5, 5.41) is 2.97. The first-order valence-electron chi connectivity index (χ1n) is 6.35. The van der Waals surface area contributed by atoms with Crippen LogP contribution in [0.5, 0.6) is 0 Å². The van der Waals surface area contributed by atoms with E-state index in [9.17, 15) is 4.79 Å². The van der Waals surface area contributed by atoms with Crippen LogP contribution in [0.4, 0.5) is 0 Å². The van der Waals surface area contributed by atoms with Crippen molar-refractivity contribution in [2.24, 2.45) is 0 Å². The summed E-state index contributed by atoms with van der Waals surface area (Å²) in [4.78, 5) is 18.5. The Morgan fingerprint density at radius 1 is 1.61 bits per heavy atom. The highest BCUT2D eigenvalue weighted by molar-refractivity contribution is 9.10. The standard InChI is InChI=1S/C13H18BrN3O/c1-2-17-8-4-5-10(17)9-15-13(18)11-6-3-7-12(14)16-11/h3,6-7,10H,2,4-5,8-9H2,1H3,(H,15,18). The third-order valence-corrected chi connectivity index (χ3v) is 3.79. The molecule has 2 heterocycles. The fourth-order valence-electron chi connectivity index (χ4n) is 2.38. The largest absolute Gasteiger partial charge is 0.349 e. The van der Waals surface area contributed by atoms with E-state index < -0.39 is 0 Å². The number of carbonyl (C=O) groups excluding carboxylic acids is 1. The molecule has 0 aliphatic carbocycles. The predicted octanol–water partition coefficient (Wildman–Crippen LogP) is 2.06. The Balaban J connectivity index is 1.88. The van der Waals surface area contributed by atoms with Gasteiger partial charge in [0.2, 0.25) is 0 Å². The van der Waals surface area contributed by atoms with E-state index in [0.29, 0.717) is 22.9 Å². The summed E-state index contributed by atoms with van der Waals surface area (Å²) in [6.45, 7) is 5.07. The van der Waals surface area contributed by atoms with Crippen molar-refractivity contribution in [1.29, 1.82) is 0 Å². The lowest BCUT2D eigenvalue weighted by Gasteiger charge is -2.22. The number of likely N-dealkylation sites (tertiary alicyclic amines) is 1. The van der Waals surface area contributed by atoms with Crippen LogP contribution in [0.2, 0.25) is 0 Å². The van der Waals surface area contributed by atoms with Crippen LogP contribution >= 0.6 is 15.9 Å². The molecule has 18 heavy (non-hydrogen) atoms. The molecule has 1 saturated heterocycles. The summed E-state index contributed by atoms with van der Waals surface area (Å²) >= 11 is 3.27. The molecule has 0 spiro atoms. The third-order valence-electron chi connectivity index (χ3n) is 3.35. The van der Waals surface area contributed by atoms with Crippen LogP contribution in [0.3, 0.4) is 0 Å². The normalized spacial score (nSPS) is 20.0. The molecule has 0 saturated carbocycles. The second-order valence-corrected chi connectivity index (χ2v) is 5.29. The van der Waals surface area contributed by atoms with Crippen molar-refractivity contribution in [3.8, 4) is 0 Å². The molecule has 0 aromatic carbocycles. The lowest BCUT2D eigenvalue weighted by Crippen LogP contribution is -2.40. The van der Waals surface area contributed by atoms with Gasteiger partial charge < -0.3 is 5.32 Å². The number of hydrogen-bond acceptors (Lipinski definition) is 3. The lowest BCUT2D eigenvalue weighted by atomic mass is 10.2. The maximum atomic E-state index is 11.9. The number of rotatable bonds is 4. The Kier molecular flexibility index (Phi) is 4.72. The van der Waals surface area contributed by atoms with E-state index in [-0.39, 0.29) is 5.91 Å². The number of pyridine rings is 1. The number of carbonyl (C=O) groups is 1. The van der Waals surface area contributed by atoms with Crippen LogP contribution < -0.4 is 5.32 Å². The van der Waals surface area contributed by atoms with Gasteiger partial charge in [0.1, 0.15) is 10.3 Å². The molecule has 2 rings (SSSR count). The Bertz CT molecular complexity index is 424. The maximum Gasteiger partial charge on any atom is 0.269 e. The molecule has 1 N–H and O–H groups in total. The smallest absolute Gasteiger partial charge is 0.269 e. The number of aromatic nitrogens is 1. The van der Waals surface area contributed by atoms with Crippen LogP contribution in [0, 0.1) is 0 Å². The summed E-state index contributed by atoms with van der Waals surface area (Å²) in [5.74, 6) is -0.0979. The van der Waals surface area contributed by atoms with Crippen molar-refractivity contribution in [3.05, 3.63) is 28.5 Å². The minimum absolute atomic E-state index is 0.0979. The van der Waals surface area contributed by atoms with Gasteiger partial charge in [-0.15, -0.1) is 0 Å². The van der Waals surface area contributed by atoms with Crippen molar-refractivity contribution in [2.45, 2.75) is 25.8 Å². The van der Waals surface area contributed by atoms with Crippen LogP contribution in [0.25, 0.3) is 0 Å². The SMILES string of the molecule is CCN1CCCC1CNC(=O)c1cccc(Br)n1. The zero-order valence-corrected chi connectivity index (χ0v) is 12.1. The molecule has 98 valence electrons. The first-order chi connectivity index (χ1) is 8.70. The lowest BCUT2D eigenvalue weighted by molar-refractivity contribution is 0.0936. The van der Waals surface area contributed by atoms with E-state index in [2.05, 4.69) is 38.1 Å². The molecule has 1 aromatic rings. The van der Waals surface area contributed by atoms with Crippen LogP contribution in [0.15, 0.2) is 22.8 Å². The highest BCUT2D eigenvalue weighted by Crippen LogP contribution is 2.15. The van der Waals surface area contributed by atoms with Gasteiger partial charge in [-0.1, -0.05) is 13.0 Å². The Hall–Kier alpha value is -0.940. The number of halogens is 1. The highest BCUT2D eigenvalue weighted by atomic mass is 79.9. The quantitative estimate of drug-likeness (QED) is 0.866. The number of likely N-dealkylation sites (N-methyl/N-ethyl adjacent to an activating group) is 1. The molecule has 5 heteroatoms. The van der Waals surface area contributed by atoms with Gasteiger partial charge in [-0.3, -0.25) is 9.69 Å². The molecule has 4 nitrogen and oxygen atoms in total. The van der Waals surface area contributed by atoms with E-state index in [1.165, 1.54) is 12.8 Å². The minimum Gasteiger partial charge on any atom is -0.349 e. The molecule has 1 atom stereocenters. The number of hydrogen-bond donors (Lipinski definition) is 1. The molecule has 0 radical (unpaired) electrons. The van der Waals surface area contributed by atoms with Crippen molar-refractivity contribution >= 4 is 21.8 Å². The highest BCUT2D eigenvalue weighted by Gasteiger charge is 2.23. The summed E-state index contributed by atoms with van der Waals surface area (Å²) in [7, 11) is 0. The van der Waals surface area contributed by atoms with Crippen LogP contribution in [0.1, 0.15) is 30.3 Å². The Morgan fingerprint density at radius 3 is 3.17 bits per heavy atom. The summed E-state index contributed by atoms with van der Waals surface area (Å²) in [6.07, 6.45) is 2.39. The van der Waals surface area contributed by atoms with Crippen molar-refractivity contribution in [2.75, 3.05) is 19.6 Å². The molecule has 0 bridgehead atoms. The first-order valence-corrected chi connectivity index (χ1v) is 7.15. The van der Waals surface area contributed by atoms with E-state index in [0.717, 1.165) is 13.1 Å². The Labute approximate surface area is 116 Å².